The molecule has 0 aliphatic carbocycles. The molecule has 0 unspecified atom stereocenters. The summed E-state index contributed by atoms with van der Waals surface area (Å²) in [6.45, 7) is 10.7. The van der Waals surface area contributed by atoms with Gasteiger partial charge in [0, 0.05) is 0 Å². The summed E-state index contributed by atoms with van der Waals surface area (Å²) in [5.74, 6) is 0. The van der Waals surface area contributed by atoms with Crippen LogP contribution in [0.15, 0.2) is 0 Å². The van der Waals surface area contributed by atoms with Crippen LogP contribution in [0.4, 0.5) is 0 Å². The molecule has 0 heterocycles. The van der Waals surface area contributed by atoms with Gasteiger partial charge in [-0.2, -0.15) is 0 Å². The van der Waals surface area contributed by atoms with Crippen LogP contribution in [-0.4, -0.2) is 91.3 Å². The third kappa shape index (κ3) is 95.6. The van der Waals surface area contributed by atoms with E-state index in [1.54, 1.807) is 0 Å². The first kappa shape index (κ1) is 74.5. The monoisotopic (exact) mass is 990 g/mol. The summed E-state index contributed by atoms with van der Waals surface area (Å²) in [6.07, 6.45) is 69.9. The topological polar surface area (TPSA) is 87.5 Å². The van der Waals surface area contributed by atoms with Crippen LogP contribution < -0.4 is 0 Å². The van der Waals surface area contributed by atoms with E-state index >= 15 is 0 Å². The zero-order valence-corrected chi connectivity index (χ0v) is 49.5. The fraction of sp³-hybridized carbons (Fsp3) is 1.00. The van der Waals surface area contributed by atoms with Gasteiger partial charge in [-0.1, -0.05) is 310 Å². The highest BCUT2D eigenvalue weighted by atomic mass is 31.2. The van der Waals surface area contributed by atoms with Gasteiger partial charge in [-0.25, -0.2) is 4.57 Å². The first-order chi connectivity index (χ1) is 32.8. The normalized spacial score (nSPS) is 11.5. The van der Waals surface area contributed by atoms with Crippen LogP contribution in [-0.2, 0) is 4.57 Å². The lowest BCUT2D eigenvalue weighted by molar-refractivity contribution is 0.275. The molecule has 416 valence electrons. The van der Waals surface area contributed by atoms with E-state index < -0.39 is 7.82 Å². The highest BCUT2D eigenvalue weighted by Crippen LogP contribution is 2.26. The van der Waals surface area contributed by atoms with Crippen molar-refractivity contribution >= 4 is 7.82 Å². The molecule has 0 saturated heterocycles. The second kappa shape index (κ2) is 67.0. The molecule has 0 spiro atoms. The Bertz CT molecular complexity index is 784. The van der Waals surface area contributed by atoms with Crippen molar-refractivity contribution in [3.63, 3.8) is 0 Å². The molecule has 0 amide bonds. The first-order valence-electron chi connectivity index (χ1n) is 30.5. The third-order valence-corrected chi connectivity index (χ3v) is 13.4. The Labute approximate surface area is 431 Å². The van der Waals surface area contributed by atoms with E-state index in [0.29, 0.717) is 0 Å². The molecule has 0 saturated carbocycles. The quantitative estimate of drug-likeness (QED) is 0.0413. The van der Waals surface area contributed by atoms with Gasteiger partial charge >= 0.3 is 7.82 Å². The minimum atomic E-state index is -4.64. The van der Waals surface area contributed by atoms with E-state index in [4.69, 9.17) is 19.2 Å². The predicted octanol–water partition coefficient (Wildman–Crippen LogP) is 19.5. The minimum Gasteiger partial charge on any atom is -0.309 e. The number of nitrogens with zero attached hydrogens (tertiary/aromatic N) is 3. The number of hydrogen-bond acceptors (Lipinski definition) is 4. The van der Waals surface area contributed by atoms with E-state index in [1.807, 2.05) is 0 Å². The minimum absolute atomic E-state index is 1.26. The number of hydrogen-bond donors (Lipinski definition) is 3. The smallest absolute Gasteiger partial charge is 0.309 e. The van der Waals surface area contributed by atoms with Gasteiger partial charge in [0.2, 0.25) is 0 Å². The van der Waals surface area contributed by atoms with Crippen molar-refractivity contribution in [3.05, 3.63) is 0 Å². The molecule has 3 N–H and O–H groups in total. The molecule has 7 nitrogen and oxygen atoms in total. The van der Waals surface area contributed by atoms with Gasteiger partial charge in [-0.3, -0.25) is 0 Å². The Morgan fingerprint density at radius 3 is 0.397 bits per heavy atom. The fourth-order valence-electron chi connectivity index (χ4n) is 8.93. The number of rotatable bonds is 51. The van der Waals surface area contributed by atoms with Gasteiger partial charge in [0.05, 0.1) is 0 Å². The lowest BCUT2D eigenvalue weighted by atomic mass is 10.0. The van der Waals surface area contributed by atoms with Crippen molar-refractivity contribution in [2.45, 2.75) is 329 Å². The number of phosphoric acid groups is 1. The van der Waals surface area contributed by atoms with E-state index in [0.717, 1.165) is 0 Å². The largest absolute Gasteiger partial charge is 0.466 e. The Kier molecular flexibility index (Phi) is 73.4. The van der Waals surface area contributed by atoms with Crippen LogP contribution in [0.1, 0.15) is 329 Å². The average molecular weight is 991 g/mol. The van der Waals surface area contributed by atoms with Gasteiger partial charge < -0.3 is 29.4 Å². The summed E-state index contributed by atoms with van der Waals surface area (Å²) in [7, 11) is 8.39. The Hall–Kier alpha value is -0.0100. The van der Waals surface area contributed by atoms with Gasteiger partial charge in [-0.05, 0) is 81.2 Å². The summed E-state index contributed by atoms with van der Waals surface area (Å²) in [5, 5.41) is 0. The standard InChI is InChI=1S/3C20H43N.H3O4P/c3*1-4-5-6-7-8-9-10-11-12-13-14-15-16-17-18-19-20-21(2)3;1-5(2,3)4/h3*4-20H2,1-3H3;(H3,1,2,3,4). The lowest BCUT2D eigenvalue weighted by Gasteiger charge is -2.08. The van der Waals surface area contributed by atoms with Gasteiger partial charge in [0.25, 0.3) is 0 Å². The summed E-state index contributed by atoms with van der Waals surface area (Å²) in [5.41, 5.74) is 0. The molecule has 0 atom stereocenters. The van der Waals surface area contributed by atoms with Crippen LogP contribution in [0.25, 0.3) is 0 Å². The molecule has 0 aromatic rings. The van der Waals surface area contributed by atoms with Crippen LogP contribution in [0, 0.1) is 0 Å². The van der Waals surface area contributed by atoms with Gasteiger partial charge in [0.15, 0.2) is 0 Å². The molecule has 8 heteroatoms. The SMILES string of the molecule is CCCCCCCCCCCCCCCCCCN(C)C.CCCCCCCCCCCCCCCCCCN(C)C.CCCCCCCCCCCCCCCCCCN(C)C.O=P(O)(O)O. The van der Waals surface area contributed by atoms with Crippen molar-refractivity contribution in [2.24, 2.45) is 0 Å². The maximum atomic E-state index is 8.88. The highest BCUT2D eigenvalue weighted by Gasteiger charge is 2.01. The molecular formula is C60H132N3O4P. The van der Waals surface area contributed by atoms with Crippen molar-refractivity contribution in [1.29, 1.82) is 0 Å². The molecule has 0 rings (SSSR count). The molecular weight excluding hydrogens is 858 g/mol. The second-order valence-corrected chi connectivity index (χ2v) is 22.9. The zero-order chi connectivity index (χ0) is 51.3. The van der Waals surface area contributed by atoms with Crippen LogP contribution >= 0.6 is 7.82 Å². The Morgan fingerprint density at radius 1 is 0.221 bits per heavy atom. The molecule has 0 fully saturated rings. The van der Waals surface area contributed by atoms with Crippen LogP contribution in [0.2, 0.25) is 0 Å². The molecule has 0 aliphatic heterocycles. The first-order valence-corrected chi connectivity index (χ1v) is 32.1. The van der Waals surface area contributed by atoms with Gasteiger partial charge in [-0.15, -0.1) is 0 Å². The summed E-state index contributed by atoms with van der Waals surface area (Å²) in [6, 6.07) is 0. The molecule has 0 aliphatic rings. The summed E-state index contributed by atoms with van der Waals surface area (Å²) < 4.78 is 8.88. The Morgan fingerprint density at radius 2 is 0.309 bits per heavy atom. The van der Waals surface area contributed by atoms with Crippen LogP contribution in [0.5, 0.6) is 0 Å². The molecule has 0 bridgehead atoms. The molecule has 0 aromatic carbocycles. The zero-order valence-electron chi connectivity index (χ0n) is 48.6. The summed E-state index contributed by atoms with van der Waals surface area (Å²) in [4.78, 5) is 28.4. The predicted molar refractivity (Wildman–Crippen MR) is 309 cm³/mol. The average Bonchev–Trinajstić information content (AvgIpc) is 3.28. The van der Waals surface area contributed by atoms with E-state index in [2.05, 4.69) is 77.8 Å². The maximum absolute atomic E-state index is 8.88. The van der Waals surface area contributed by atoms with Gasteiger partial charge in [0.1, 0.15) is 0 Å². The Balaban J connectivity index is -0.000000429. The van der Waals surface area contributed by atoms with Crippen molar-refractivity contribution in [1.82, 2.24) is 14.7 Å². The van der Waals surface area contributed by atoms with Crippen molar-refractivity contribution in [3.8, 4) is 0 Å². The van der Waals surface area contributed by atoms with E-state index in [1.165, 1.54) is 328 Å². The van der Waals surface area contributed by atoms with Crippen molar-refractivity contribution in [2.75, 3.05) is 61.9 Å². The fourth-order valence-corrected chi connectivity index (χ4v) is 8.93. The highest BCUT2D eigenvalue weighted by molar-refractivity contribution is 7.45. The van der Waals surface area contributed by atoms with Crippen molar-refractivity contribution < 1.29 is 19.2 Å². The molecule has 68 heavy (non-hydrogen) atoms. The summed E-state index contributed by atoms with van der Waals surface area (Å²) >= 11 is 0. The lowest BCUT2D eigenvalue weighted by Crippen LogP contribution is -2.12. The third-order valence-electron chi connectivity index (χ3n) is 13.4. The second-order valence-electron chi connectivity index (χ2n) is 21.8. The van der Waals surface area contributed by atoms with E-state index in [-0.39, 0.29) is 0 Å². The van der Waals surface area contributed by atoms with Crippen LogP contribution in [0.3, 0.4) is 0 Å². The maximum Gasteiger partial charge on any atom is 0.466 e. The van der Waals surface area contributed by atoms with E-state index in [9.17, 15) is 0 Å². The molecule has 0 radical (unpaired) electrons. The molecule has 0 aromatic heterocycles. The number of unbranched alkanes of at least 4 members (excludes halogenated alkanes) is 45.